The molecule has 0 aromatic heterocycles. The molecular formula is C11H21NO3. The highest BCUT2D eigenvalue weighted by Gasteiger charge is 2.20. The summed E-state index contributed by atoms with van der Waals surface area (Å²) in [5, 5.41) is 3.33. The SMILES string of the molecule is CC1CNCC(COCC2CCCO2)O1. The van der Waals surface area contributed by atoms with Crippen LogP contribution in [0.1, 0.15) is 19.8 Å². The van der Waals surface area contributed by atoms with Crippen molar-refractivity contribution in [2.75, 3.05) is 32.9 Å². The minimum atomic E-state index is 0.204. The number of hydrogen-bond donors (Lipinski definition) is 1. The van der Waals surface area contributed by atoms with Crippen LogP contribution < -0.4 is 5.32 Å². The van der Waals surface area contributed by atoms with E-state index in [4.69, 9.17) is 14.2 Å². The fourth-order valence-electron chi connectivity index (χ4n) is 2.08. The first kappa shape index (κ1) is 11.3. The van der Waals surface area contributed by atoms with E-state index in [9.17, 15) is 0 Å². The number of rotatable bonds is 4. The lowest BCUT2D eigenvalue weighted by atomic mass is 10.2. The fourth-order valence-corrected chi connectivity index (χ4v) is 2.08. The van der Waals surface area contributed by atoms with Gasteiger partial charge in [0.25, 0.3) is 0 Å². The van der Waals surface area contributed by atoms with Gasteiger partial charge in [-0.1, -0.05) is 0 Å². The van der Waals surface area contributed by atoms with E-state index in [1.807, 2.05) is 0 Å². The van der Waals surface area contributed by atoms with Crippen molar-refractivity contribution in [3.8, 4) is 0 Å². The van der Waals surface area contributed by atoms with Gasteiger partial charge in [-0.15, -0.1) is 0 Å². The molecule has 0 aliphatic carbocycles. The Labute approximate surface area is 91.3 Å². The standard InChI is InChI=1S/C11H21NO3/c1-9-5-12-6-11(15-9)8-13-7-10-3-2-4-14-10/h9-12H,2-8H2,1H3. The van der Waals surface area contributed by atoms with Gasteiger partial charge in [0.15, 0.2) is 0 Å². The van der Waals surface area contributed by atoms with Gasteiger partial charge in [0, 0.05) is 19.7 Å². The van der Waals surface area contributed by atoms with E-state index < -0.39 is 0 Å². The third-order valence-corrected chi connectivity index (χ3v) is 2.86. The zero-order valence-electron chi connectivity index (χ0n) is 9.41. The van der Waals surface area contributed by atoms with Crippen LogP contribution in [0.2, 0.25) is 0 Å². The summed E-state index contributed by atoms with van der Waals surface area (Å²) >= 11 is 0. The Bertz CT molecular complexity index is 183. The van der Waals surface area contributed by atoms with E-state index in [0.717, 1.165) is 26.1 Å². The molecule has 1 N–H and O–H groups in total. The largest absolute Gasteiger partial charge is 0.376 e. The van der Waals surface area contributed by atoms with Crippen LogP contribution in [-0.4, -0.2) is 51.2 Å². The van der Waals surface area contributed by atoms with E-state index in [2.05, 4.69) is 12.2 Å². The van der Waals surface area contributed by atoms with Crippen LogP contribution in [0.4, 0.5) is 0 Å². The second-order valence-corrected chi connectivity index (χ2v) is 4.40. The zero-order chi connectivity index (χ0) is 10.5. The molecule has 0 bridgehead atoms. The summed E-state index contributed by atoms with van der Waals surface area (Å²) in [5.74, 6) is 0. The van der Waals surface area contributed by atoms with Gasteiger partial charge in [-0.2, -0.15) is 0 Å². The van der Waals surface area contributed by atoms with Gasteiger partial charge in [0.2, 0.25) is 0 Å². The highest BCUT2D eigenvalue weighted by Crippen LogP contribution is 2.12. The van der Waals surface area contributed by atoms with Crippen LogP contribution in [0, 0.1) is 0 Å². The van der Waals surface area contributed by atoms with Gasteiger partial charge >= 0.3 is 0 Å². The van der Waals surface area contributed by atoms with Crippen LogP contribution in [0.15, 0.2) is 0 Å². The molecule has 2 heterocycles. The summed E-state index contributed by atoms with van der Waals surface area (Å²) in [7, 11) is 0. The maximum atomic E-state index is 5.72. The quantitative estimate of drug-likeness (QED) is 0.744. The molecule has 0 amide bonds. The molecule has 2 saturated heterocycles. The van der Waals surface area contributed by atoms with Crippen molar-refractivity contribution >= 4 is 0 Å². The molecule has 2 aliphatic rings. The van der Waals surface area contributed by atoms with E-state index in [1.54, 1.807) is 0 Å². The molecule has 15 heavy (non-hydrogen) atoms. The van der Waals surface area contributed by atoms with Gasteiger partial charge in [-0.3, -0.25) is 0 Å². The molecule has 88 valence electrons. The van der Waals surface area contributed by atoms with Crippen molar-refractivity contribution in [2.24, 2.45) is 0 Å². The van der Waals surface area contributed by atoms with Crippen LogP contribution >= 0.6 is 0 Å². The van der Waals surface area contributed by atoms with Crippen molar-refractivity contribution in [3.63, 3.8) is 0 Å². The minimum Gasteiger partial charge on any atom is -0.376 e. The molecule has 3 atom stereocenters. The zero-order valence-corrected chi connectivity index (χ0v) is 9.41. The Hall–Kier alpha value is -0.160. The predicted molar refractivity (Wildman–Crippen MR) is 57.0 cm³/mol. The highest BCUT2D eigenvalue weighted by molar-refractivity contribution is 4.72. The first-order chi connectivity index (χ1) is 7.34. The number of morpholine rings is 1. The second-order valence-electron chi connectivity index (χ2n) is 4.40. The van der Waals surface area contributed by atoms with Crippen LogP contribution in [0.5, 0.6) is 0 Å². The van der Waals surface area contributed by atoms with Gasteiger partial charge < -0.3 is 19.5 Å². The highest BCUT2D eigenvalue weighted by atomic mass is 16.6. The average Bonchev–Trinajstić information content (AvgIpc) is 2.71. The summed E-state index contributed by atoms with van der Waals surface area (Å²) < 4.78 is 16.8. The molecule has 0 aromatic rings. The summed E-state index contributed by atoms with van der Waals surface area (Å²) in [5.41, 5.74) is 0. The smallest absolute Gasteiger partial charge is 0.0936 e. The number of ether oxygens (including phenoxy) is 3. The molecule has 0 aromatic carbocycles. The second kappa shape index (κ2) is 5.80. The summed E-state index contributed by atoms with van der Waals surface area (Å²) in [4.78, 5) is 0. The van der Waals surface area contributed by atoms with Crippen LogP contribution in [0.25, 0.3) is 0 Å². The van der Waals surface area contributed by atoms with Gasteiger partial charge in [0.1, 0.15) is 0 Å². The molecule has 4 heteroatoms. The van der Waals surface area contributed by atoms with Crippen molar-refractivity contribution in [3.05, 3.63) is 0 Å². The number of nitrogens with one attached hydrogen (secondary N) is 1. The van der Waals surface area contributed by atoms with Crippen molar-refractivity contribution in [1.29, 1.82) is 0 Å². The first-order valence-electron chi connectivity index (χ1n) is 5.90. The summed E-state index contributed by atoms with van der Waals surface area (Å²) in [6.07, 6.45) is 3.14. The normalized spacial score (nSPS) is 37.0. The third-order valence-electron chi connectivity index (χ3n) is 2.86. The Morgan fingerprint density at radius 1 is 1.27 bits per heavy atom. The number of hydrogen-bond acceptors (Lipinski definition) is 4. The topological polar surface area (TPSA) is 39.7 Å². The van der Waals surface area contributed by atoms with Crippen molar-refractivity contribution < 1.29 is 14.2 Å². The predicted octanol–water partition coefficient (Wildman–Crippen LogP) is 0.559. The van der Waals surface area contributed by atoms with Crippen molar-refractivity contribution in [1.82, 2.24) is 5.32 Å². The Balaban J connectivity index is 1.56. The third kappa shape index (κ3) is 3.72. The van der Waals surface area contributed by atoms with Crippen LogP contribution in [0.3, 0.4) is 0 Å². The molecule has 2 fully saturated rings. The summed E-state index contributed by atoms with van der Waals surface area (Å²) in [6.45, 7) is 6.22. The monoisotopic (exact) mass is 215 g/mol. The van der Waals surface area contributed by atoms with E-state index in [-0.39, 0.29) is 6.10 Å². The molecule has 0 spiro atoms. The van der Waals surface area contributed by atoms with E-state index in [1.165, 1.54) is 6.42 Å². The molecule has 0 radical (unpaired) electrons. The minimum absolute atomic E-state index is 0.204. The van der Waals surface area contributed by atoms with Gasteiger partial charge in [-0.05, 0) is 19.8 Å². The maximum absolute atomic E-state index is 5.72. The Morgan fingerprint density at radius 2 is 2.13 bits per heavy atom. The first-order valence-corrected chi connectivity index (χ1v) is 5.90. The lowest BCUT2D eigenvalue weighted by Crippen LogP contribution is -2.45. The van der Waals surface area contributed by atoms with E-state index in [0.29, 0.717) is 25.4 Å². The fraction of sp³-hybridized carbons (Fsp3) is 1.00. The van der Waals surface area contributed by atoms with E-state index >= 15 is 0 Å². The Kier molecular flexibility index (Phi) is 4.38. The molecule has 2 aliphatic heterocycles. The summed E-state index contributed by atoms with van der Waals surface area (Å²) in [6, 6.07) is 0. The molecule has 2 rings (SSSR count). The molecular weight excluding hydrogens is 194 g/mol. The van der Waals surface area contributed by atoms with Gasteiger partial charge in [0.05, 0.1) is 31.5 Å². The molecule has 4 nitrogen and oxygen atoms in total. The molecule has 3 unspecified atom stereocenters. The van der Waals surface area contributed by atoms with Crippen molar-refractivity contribution in [2.45, 2.75) is 38.1 Å². The van der Waals surface area contributed by atoms with Gasteiger partial charge in [-0.25, -0.2) is 0 Å². The maximum Gasteiger partial charge on any atom is 0.0936 e. The lowest BCUT2D eigenvalue weighted by Gasteiger charge is -2.28. The Morgan fingerprint density at radius 3 is 2.87 bits per heavy atom. The average molecular weight is 215 g/mol. The lowest BCUT2D eigenvalue weighted by molar-refractivity contribution is -0.0808. The molecule has 0 saturated carbocycles. The van der Waals surface area contributed by atoms with Crippen LogP contribution in [-0.2, 0) is 14.2 Å².